The van der Waals surface area contributed by atoms with E-state index in [1.807, 2.05) is 36.4 Å². The molecule has 0 bridgehead atoms. The molecule has 0 radical (unpaired) electrons. The summed E-state index contributed by atoms with van der Waals surface area (Å²) in [7, 11) is 0. The zero-order chi connectivity index (χ0) is 26.1. The Morgan fingerprint density at radius 2 is 1.74 bits per heavy atom. The monoisotopic (exact) mass is 506 g/mol. The Kier molecular flexibility index (Phi) is 6.30. The number of hydrogen-bond donors (Lipinski definition) is 1. The second-order valence-corrected chi connectivity index (χ2v) is 9.48. The minimum atomic E-state index is -0.525. The first kappa shape index (κ1) is 23.8. The summed E-state index contributed by atoms with van der Waals surface area (Å²) in [5.41, 5.74) is 4.19. The lowest BCUT2D eigenvalue weighted by Gasteiger charge is -2.27. The molecule has 0 saturated heterocycles. The maximum absolute atomic E-state index is 13.2. The minimum Gasteiger partial charge on any atom is -0.507 e. The number of hydrogen-bond acceptors (Lipinski definition) is 6. The van der Waals surface area contributed by atoms with Crippen LogP contribution in [0.3, 0.4) is 0 Å². The first-order valence-corrected chi connectivity index (χ1v) is 12.7. The molecule has 2 aliphatic rings. The summed E-state index contributed by atoms with van der Waals surface area (Å²) in [5.74, 6) is 0.426. The maximum atomic E-state index is 13.2. The van der Waals surface area contributed by atoms with Gasteiger partial charge in [0.15, 0.2) is 5.78 Å². The summed E-state index contributed by atoms with van der Waals surface area (Å²) in [6.07, 6.45) is 1.66. The lowest BCUT2D eigenvalue weighted by atomic mass is 9.83. The molecule has 0 aromatic heterocycles. The molecule has 1 atom stereocenters. The van der Waals surface area contributed by atoms with Gasteiger partial charge in [0.1, 0.15) is 23.0 Å². The van der Waals surface area contributed by atoms with Crippen molar-refractivity contribution >= 4 is 11.8 Å². The standard InChI is InChI=1S/C32H26O6/c33-29-19-25(30-28(38-29)13-11-24(32(30)35)31(34)21-6-2-1-3-7-21)23-8-4-5-9-27(23)37-16-14-20-10-12-26-22(18-20)15-17-36-26/h1-13,18,25,35H,14-17,19H2. The van der Waals surface area contributed by atoms with Crippen molar-refractivity contribution in [2.75, 3.05) is 13.2 Å². The van der Waals surface area contributed by atoms with E-state index in [9.17, 15) is 14.7 Å². The lowest BCUT2D eigenvalue weighted by Crippen LogP contribution is -2.22. The molecule has 2 aliphatic heterocycles. The van der Waals surface area contributed by atoms with Crippen LogP contribution >= 0.6 is 0 Å². The smallest absolute Gasteiger partial charge is 0.312 e. The van der Waals surface area contributed by atoms with Gasteiger partial charge < -0.3 is 19.3 Å². The van der Waals surface area contributed by atoms with E-state index in [1.165, 1.54) is 17.2 Å². The molecule has 190 valence electrons. The topological polar surface area (TPSA) is 82.1 Å². The second-order valence-electron chi connectivity index (χ2n) is 9.48. The van der Waals surface area contributed by atoms with Crippen LogP contribution in [-0.4, -0.2) is 30.1 Å². The van der Waals surface area contributed by atoms with Crippen LogP contribution in [0.15, 0.2) is 84.9 Å². The SMILES string of the molecule is O=C1CC(c2ccccc2OCCc2ccc3c(c2)CCO3)c2c(ccc(C(=O)c3ccccc3)c2O)O1. The number of benzene rings is 4. The molecule has 6 nitrogen and oxygen atoms in total. The van der Waals surface area contributed by atoms with Gasteiger partial charge in [-0.2, -0.15) is 0 Å². The molecule has 6 rings (SSSR count). The van der Waals surface area contributed by atoms with Crippen LogP contribution in [0.4, 0.5) is 0 Å². The third kappa shape index (κ3) is 4.50. The highest BCUT2D eigenvalue weighted by atomic mass is 16.5. The molecule has 0 amide bonds. The fourth-order valence-electron chi connectivity index (χ4n) is 5.22. The Hall–Kier alpha value is -4.58. The zero-order valence-electron chi connectivity index (χ0n) is 20.7. The first-order valence-electron chi connectivity index (χ1n) is 12.7. The molecular formula is C32H26O6. The van der Waals surface area contributed by atoms with Gasteiger partial charge in [0.05, 0.1) is 25.2 Å². The van der Waals surface area contributed by atoms with Crippen molar-refractivity contribution < 1.29 is 28.9 Å². The normalized spacial score (nSPS) is 15.7. The predicted molar refractivity (Wildman–Crippen MR) is 141 cm³/mol. The molecule has 1 unspecified atom stereocenters. The molecule has 0 fully saturated rings. The summed E-state index contributed by atoms with van der Waals surface area (Å²) in [6, 6.07) is 25.6. The van der Waals surface area contributed by atoms with E-state index in [1.54, 1.807) is 30.3 Å². The van der Waals surface area contributed by atoms with E-state index in [-0.39, 0.29) is 29.3 Å². The van der Waals surface area contributed by atoms with Gasteiger partial charge in [-0.1, -0.05) is 60.7 Å². The molecule has 4 aromatic carbocycles. The molecule has 0 aliphatic carbocycles. The molecule has 38 heavy (non-hydrogen) atoms. The molecular weight excluding hydrogens is 480 g/mol. The van der Waals surface area contributed by atoms with E-state index in [0.717, 1.165) is 24.3 Å². The average Bonchev–Trinajstić information content (AvgIpc) is 3.41. The highest BCUT2D eigenvalue weighted by molar-refractivity contribution is 6.11. The van der Waals surface area contributed by atoms with Crippen LogP contribution in [0.5, 0.6) is 23.0 Å². The van der Waals surface area contributed by atoms with Crippen molar-refractivity contribution in [1.82, 2.24) is 0 Å². The Labute approximate surface area is 220 Å². The maximum Gasteiger partial charge on any atom is 0.312 e. The van der Waals surface area contributed by atoms with Gasteiger partial charge in [-0.25, -0.2) is 0 Å². The van der Waals surface area contributed by atoms with Crippen LogP contribution in [0.25, 0.3) is 0 Å². The summed E-state index contributed by atoms with van der Waals surface area (Å²) in [6.45, 7) is 1.17. The quantitative estimate of drug-likeness (QED) is 0.199. The summed E-state index contributed by atoms with van der Waals surface area (Å²) in [4.78, 5) is 25.7. The molecule has 1 N–H and O–H groups in total. The number of phenols is 1. The average molecular weight is 507 g/mol. The van der Waals surface area contributed by atoms with Gasteiger partial charge in [0.2, 0.25) is 0 Å². The van der Waals surface area contributed by atoms with Gasteiger partial charge >= 0.3 is 5.97 Å². The number of para-hydroxylation sites is 1. The van der Waals surface area contributed by atoms with Gasteiger partial charge in [-0.05, 0) is 35.4 Å². The van der Waals surface area contributed by atoms with Crippen LogP contribution in [0.2, 0.25) is 0 Å². The van der Waals surface area contributed by atoms with Crippen LogP contribution in [-0.2, 0) is 17.6 Å². The number of carbonyl (C=O) groups is 2. The number of ketones is 1. The van der Waals surface area contributed by atoms with Crippen LogP contribution < -0.4 is 14.2 Å². The van der Waals surface area contributed by atoms with Gasteiger partial charge in [-0.3, -0.25) is 9.59 Å². The number of aromatic hydroxyl groups is 1. The number of rotatable bonds is 7. The third-order valence-electron chi connectivity index (χ3n) is 7.10. The lowest BCUT2D eigenvalue weighted by molar-refractivity contribution is -0.135. The number of phenolic OH excluding ortho intramolecular Hbond substituents is 1. The van der Waals surface area contributed by atoms with E-state index in [2.05, 4.69) is 12.1 Å². The van der Waals surface area contributed by atoms with Crippen molar-refractivity contribution in [2.24, 2.45) is 0 Å². The Bertz CT molecular complexity index is 1520. The van der Waals surface area contributed by atoms with Gasteiger partial charge in [0.25, 0.3) is 0 Å². The second kappa shape index (κ2) is 10.1. The highest BCUT2D eigenvalue weighted by Gasteiger charge is 2.34. The van der Waals surface area contributed by atoms with Crippen molar-refractivity contribution in [3.63, 3.8) is 0 Å². The highest BCUT2D eigenvalue weighted by Crippen LogP contribution is 2.47. The van der Waals surface area contributed by atoms with Crippen molar-refractivity contribution in [1.29, 1.82) is 0 Å². The van der Waals surface area contributed by atoms with Gasteiger partial charge in [0, 0.05) is 35.4 Å². The van der Waals surface area contributed by atoms with E-state index in [4.69, 9.17) is 14.2 Å². The molecule has 2 heterocycles. The molecule has 4 aromatic rings. The predicted octanol–water partition coefficient (Wildman–Crippen LogP) is 5.62. The summed E-state index contributed by atoms with van der Waals surface area (Å²) >= 11 is 0. The minimum absolute atomic E-state index is 0.0226. The fraction of sp³-hybridized carbons (Fsp3) is 0.188. The zero-order valence-corrected chi connectivity index (χ0v) is 20.7. The summed E-state index contributed by atoms with van der Waals surface area (Å²) in [5, 5.41) is 11.3. The molecule has 0 saturated carbocycles. The largest absolute Gasteiger partial charge is 0.507 e. The Morgan fingerprint density at radius 3 is 2.61 bits per heavy atom. The van der Waals surface area contributed by atoms with Crippen molar-refractivity contribution in [2.45, 2.75) is 25.2 Å². The van der Waals surface area contributed by atoms with E-state index >= 15 is 0 Å². The van der Waals surface area contributed by atoms with Crippen molar-refractivity contribution in [3.8, 4) is 23.0 Å². The third-order valence-corrected chi connectivity index (χ3v) is 7.10. The van der Waals surface area contributed by atoms with Crippen molar-refractivity contribution in [3.05, 3.63) is 118 Å². The number of carbonyl (C=O) groups excluding carboxylic acids is 2. The fourth-order valence-corrected chi connectivity index (χ4v) is 5.22. The Balaban J connectivity index is 1.29. The number of esters is 1. The molecule has 0 spiro atoms. The first-order chi connectivity index (χ1) is 18.6. The van der Waals surface area contributed by atoms with Gasteiger partial charge in [-0.15, -0.1) is 0 Å². The number of ether oxygens (including phenoxy) is 3. The molecule has 6 heteroatoms. The van der Waals surface area contributed by atoms with E-state index < -0.39 is 11.9 Å². The summed E-state index contributed by atoms with van der Waals surface area (Å²) < 4.78 is 17.3. The van der Waals surface area contributed by atoms with Crippen LogP contribution in [0, 0.1) is 0 Å². The van der Waals surface area contributed by atoms with E-state index in [0.29, 0.717) is 29.9 Å². The van der Waals surface area contributed by atoms with Crippen LogP contribution in [0.1, 0.15) is 50.5 Å². The Morgan fingerprint density at radius 1 is 0.947 bits per heavy atom. The number of fused-ring (bicyclic) bond motifs is 2.